The first-order valence-corrected chi connectivity index (χ1v) is 6.74. The van der Waals surface area contributed by atoms with Crippen LogP contribution in [0.5, 0.6) is 0 Å². The van der Waals surface area contributed by atoms with Crippen LogP contribution in [-0.2, 0) is 11.3 Å². The number of hydrogen-bond acceptors (Lipinski definition) is 4. The van der Waals surface area contributed by atoms with Crippen LogP contribution in [0, 0.1) is 13.8 Å². The van der Waals surface area contributed by atoms with Gasteiger partial charge in [0, 0.05) is 12.2 Å². The lowest BCUT2D eigenvalue weighted by Gasteiger charge is -2.12. The van der Waals surface area contributed by atoms with Crippen LogP contribution in [0.4, 0.5) is 5.95 Å². The van der Waals surface area contributed by atoms with Gasteiger partial charge in [-0.2, -0.15) is 5.10 Å². The molecule has 0 aromatic carbocycles. The highest BCUT2D eigenvalue weighted by molar-refractivity contribution is 5.91. The minimum absolute atomic E-state index is 0.176. The van der Waals surface area contributed by atoms with Crippen molar-refractivity contribution in [3.8, 4) is 0 Å². The summed E-state index contributed by atoms with van der Waals surface area (Å²) in [6.45, 7) is 8.48. The molecule has 0 bridgehead atoms. The molecule has 1 atom stereocenters. The van der Waals surface area contributed by atoms with Crippen LogP contribution in [0.2, 0.25) is 0 Å². The van der Waals surface area contributed by atoms with Crippen LogP contribution >= 0.6 is 0 Å². The molecule has 0 unspecified atom stereocenters. The number of hydrogen-bond donors (Lipinski definition) is 1. The molecule has 2 rings (SSSR count). The van der Waals surface area contributed by atoms with E-state index in [2.05, 4.69) is 27.4 Å². The highest BCUT2D eigenvalue weighted by atomic mass is 16.2. The van der Waals surface area contributed by atoms with Crippen LogP contribution in [0.15, 0.2) is 12.4 Å². The third-order valence-corrected chi connectivity index (χ3v) is 3.02. The van der Waals surface area contributed by atoms with Gasteiger partial charge in [0.05, 0.1) is 5.69 Å². The van der Waals surface area contributed by atoms with Gasteiger partial charge in [0.2, 0.25) is 5.95 Å². The van der Waals surface area contributed by atoms with Gasteiger partial charge in [-0.3, -0.25) is 19.5 Å². The third kappa shape index (κ3) is 3.04. The molecule has 7 heteroatoms. The number of rotatable bonds is 5. The average Bonchev–Trinajstić information content (AvgIpc) is 2.95. The summed E-state index contributed by atoms with van der Waals surface area (Å²) in [6, 6.07) is 1.54. The third-order valence-electron chi connectivity index (χ3n) is 3.02. The Morgan fingerprint density at radius 3 is 2.75 bits per heavy atom. The number of carbonyl (C=O) groups is 1. The Morgan fingerprint density at radius 2 is 2.15 bits per heavy atom. The Bertz CT molecular complexity index is 600. The van der Waals surface area contributed by atoms with Gasteiger partial charge < -0.3 is 0 Å². The number of anilines is 1. The van der Waals surface area contributed by atoms with E-state index >= 15 is 0 Å². The molecule has 1 amide bonds. The van der Waals surface area contributed by atoms with Gasteiger partial charge >= 0.3 is 0 Å². The van der Waals surface area contributed by atoms with Crippen molar-refractivity contribution in [2.24, 2.45) is 0 Å². The summed E-state index contributed by atoms with van der Waals surface area (Å²) in [4.78, 5) is 16.2. The van der Waals surface area contributed by atoms with Crippen LogP contribution in [-0.4, -0.2) is 30.5 Å². The molecular formula is C13H20N6O. The minimum Gasteiger partial charge on any atom is -0.291 e. The maximum Gasteiger partial charge on any atom is 0.251 e. The van der Waals surface area contributed by atoms with Gasteiger partial charge in [0.15, 0.2) is 0 Å². The van der Waals surface area contributed by atoms with E-state index in [0.29, 0.717) is 5.95 Å². The normalized spacial score (nSPS) is 12.4. The topological polar surface area (TPSA) is 77.6 Å². The van der Waals surface area contributed by atoms with Crippen LogP contribution < -0.4 is 5.32 Å². The summed E-state index contributed by atoms with van der Waals surface area (Å²) in [5.74, 6) is 0.155. The number of carbonyl (C=O) groups excluding carboxylic acids is 1. The highest BCUT2D eigenvalue weighted by Gasteiger charge is 2.19. The van der Waals surface area contributed by atoms with Crippen molar-refractivity contribution in [1.29, 1.82) is 0 Å². The van der Waals surface area contributed by atoms with Gasteiger partial charge in [0.1, 0.15) is 12.4 Å². The number of nitrogens with zero attached hydrogens (tertiary/aromatic N) is 5. The second-order valence-electron chi connectivity index (χ2n) is 4.87. The molecular weight excluding hydrogens is 256 g/mol. The molecule has 1 N–H and O–H groups in total. The molecule has 0 aliphatic heterocycles. The van der Waals surface area contributed by atoms with E-state index in [4.69, 9.17) is 0 Å². The van der Waals surface area contributed by atoms with Gasteiger partial charge in [-0.25, -0.2) is 4.98 Å². The molecule has 0 radical (unpaired) electrons. The molecule has 2 aromatic heterocycles. The molecule has 0 fully saturated rings. The smallest absolute Gasteiger partial charge is 0.251 e. The first-order valence-electron chi connectivity index (χ1n) is 6.74. The second kappa shape index (κ2) is 5.85. The molecule has 7 nitrogen and oxygen atoms in total. The maximum atomic E-state index is 12.2. The van der Waals surface area contributed by atoms with Crippen LogP contribution in [0.3, 0.4) is 0 Å². The summed E-state index contributed by atoms with van der Waals surface area (Å²) in [5.41, 5.74) is 1.85. The van der Waals surface area contributed by atoms with Crippen molar-refractivity contribution in [3.05, 3.63) is 23.8 Å². The Morgan fingerprint density at radius 1 is 1.40 bits per heavy atom. The fourth-order valence-corrected chi connectivity index (χ4v) is 2.05. The standard InChI is InChI=1S/C13H20N6O/c1-5-6-18-8-14-13(17-18)15-12(20)11(4)19-10(3)7-9(2)16-19/h7-8,11H,5-6H2,1-4H3,(H,15,17,20)/t11-/m1/s1. The SMILES string of the molecule is CCCn1cnc(NC(=O)[C@@H](C)n2nc(C)cc2C)n1. The largest absolute Gasteiger partial charge is 0.291 e. The van der Waals surface area contributed by atoms with Gasteiger partial charge in [0.25, 0.3) is 5.91 Å². The van der Waals surface area contributed by atoms with Crippen molar-refractivity contribution in [2.75, 3.05) is 5.32 Å². The van der Waals surface area contributed by atoms with Crippen LogP contribution in [0.25, 0.3) is 0 Å². The highest BCUT2D eigenvalue weighted by Crippen LogP contribution is 2.12. The van der Waals surface area contributed by atoms with Crippen molar-refractivity contribution in [1.82, 2.24) is 24.5 Å². The molecule has 108 valence electrons. The first kappa shape index (κ1) is 14.2. The zero-order chi connectivity index (χ0) is 14.7. The number of amides is 1. The van der Waals surface area contributed by atoms with E-state index in [9.17, 15) is 4.79 Å². The minimum atomic E-state index is -0.401. The lowest BCUT2D eigenvalue weighted by atomic mass is 10.3. The fourth-order valence-electron chi connectivity index (χ4n) is 2.05. The molecule has 0 saturated heterocycles. The summed E-state index contributed by atoms with van der Waals surface area (Å²) >= 11 is 0. The Kier molecular flexibility index (Phi) is 4.16. The van der Waals surface area contributed by atoms with Crippen molar-refractivity contribution >= 4 is 11.9 Å². The predicted molar refractivity (Wildman–Crippen MR) is 75.4 cm³/mol. The van der Waals surface area contributed by atoms with Gasteiger partial charge in [-0.1, -0.05) is 6.92 Å². The summed E-state index contributed by atoms with van der Waals surface area (Å²) < 4.78 is 3.41. The first-order chi connectivity index (χ1) is 9.51. The van der Waals surface area contributed by atoms with Crippen molar-refractivity contribution in [3.63, 3.8) is 0 Å². The quantitative estimate of drug-likeness (QED) is 0.901. The summed E-state index contributed by atoms with van der Waals surface area (Å²) in [6.07, 6.45) is 2.59. The van der Waals surface area contributed by atoms with E-state index in [1.807, 2.05) is 19.9 Å². The monoisotopic (exact) mass is 276 g/mol. The Hall–Kier alpha value is -2.18. The van der Waals surface area contributed by atoms with E-state index in [1.54, 1.807) is 22.6 Å². The Balaban J connectivity index is 2.05. The van der Waals surface area contributed by atoms with E-state index in [0.717, 1.165) is 24.4 Å². The summed E-state index contributed by atoms with van der Waals surface area (Å²) in [5, 5.41) is 11.2. The van der Waals surface area contributed by atoms with Gasteiger partial charge in [-0.15, -0.1) is 5.10 Å². The van der Waals surface area contributed by atoms with E-state index in [1.165, 1.54) is 0 Å². The lowest BCUT2D eigenvalue weighted by Crippen LogP contribution is -2.25. The fraction of sp³-hybridized carbons (Fsp3) is 0.538. The molecule has 0 saturated carbocycles. The second-order valence-corrected chi connectivity index (χ2v) is 4.87. The molecule has 0 aliphatic carbocycles. The van der Waals surface area contributed by atoms with E-state index in [-0.39, 0.29) is 5.91 Å². The maximum absolute atomic E-state index is 12.2. The predicted octanol–water partition coefficient (Wildman–Crippen LogP) is 1.70. The van der Waals surface area contributed by atoms with Crippen molar-refractivity contribution < 1.29 is 4.79 Å². The zero-order valence-electron chi connectivity index (χ0n) is 12.3. The molecule has 0 aliphatic rings. The molecule has 2 heterocycles. The average molecular weight is 276 g/mol. The number of aromatic nitrogens is 5. The van der Waals surface area contributed by atoms with E-state index < -0.39 is 6.04 Å². The Labute approximate surface area is 118 Å². The lowest BCUT2D eigenvalue weighted by molar-refractivity contribution is -0.119. The van der Waals surface area contributed by atoms with Gasteiger partial charge in [-0.05, 0) is 33.3 Å². The zero-order valence-corrected chi connectivity index (χ0v) is 12.3. The molecule has 2 aromatic rings. The summed E-state index contributed by atoms with van der Waals surface area (Å²) in [7, 11) is 0. The van der Waals surface area contributed by atoms with Crippen molar-refractivity contribution in [2.45, 2.75) is 46.7 Å². The van der Waals surface area contributed by atoms with Crippen LogP contribution in [0.1, 0.15) is 37.7 Å². The number of aryl methyl sites for hydroxylation is 3. The molecule has 20 heavy (non-hydrogen) atoms. The molecule has 0 spiro atoms. The number of nitrogens with one attached hydrogen (secondary N) is 1.